The van der Waals surface area contributed by atoms with Crippen molar-refractivity contribution in [2.75, 3.05) is 24.6 Å². The molecule has 0 saturated carbocycles. The quantitative estimate of drug-likeness (QED) is 0.292. The maximum absolute atomic E-state index is 9.74. The Kier molecular flexibility index (Phi) is 18.8. The van der Waals surface area contributed by atoms with Gasteiger partial charge in [-0.2, -0.15) is 0 Å². The predicted octanol–water partition coefficient (Wildman–Crippen LogP) is 2.50. The summed E-state index contributed by atoms with van der Waals surface area (Å²) in [5, 5.41) is 0. The van der Waals surface area contributed by atoms with Crippen molar-refractivity contribution in [1.82, 2.24) is 0 Å². The van der Waals surface area contributed by atoms with E-state index in [2.05, 4.69) is 16.9 Å². The van der Waals surface area contributed by atoms with Crippen molar-refractivity contribution in [3.05, 3.63) is 0 Å². The minimum atomic E-state index is 0.429. The van der Waals surface area contributed by atoms with Gasteiger partial charge in [0.25, 0.3) is 0 Å². The number of aliphatic imine (C=N–C) groups is 2. The zero-order valence-electron chi connectivity index (χ0n) is 9.93. The zero-order chi connectivity index (χ0) is 12.6. The number of hydrogen-bond donors (Lipinski definition) is 0. The van der Waals surface area contributed by atoms with Crippen LogP contribution in [0.5, 0.6) is 0 Å². The number of isocyanates is 2. The van der Waals surface area contributed by atoms with Crippen molar-refractivity contribution < 1.29 is 9.59 Å². The van der Waals surface area contributed by atoms with Crippen LogP contribution >= 0.6 is 23.5 Å². The number of hydrogen-bond acceptors (Lipinski definition) is 6. The first-order chi connectivity index (χ1) is 7.81. The molecule has 0 aliphatic rings. The molecule has 0 rings (SSSR count). The molecule has 0 saturated heterocycles. The van der Waals surface area contributed by atoms with E-state index in [0.717, 1.165) is 11.5 Å². The fraction of sp³-hybridized carbons (Fsp3) is 0.800. The summed E-state index contributed by atoms with van der Waals surface area (Å²) in [6.45, 7) is 7.11. The van der Waals surface area contributed by atoms with Gasteiger partial charge in [-0.15, -0.1) is 23.5 Å². The molecule has 0 bridgehead atoms. The maximum Gasteiger partial charge on any atom is 0.234 e. The standard InChI is InChI=1S/C8H12N2O2S2.C2H6/c1-8(13-4-2-9-6-11)14-5-3-10-7-12;1-2/h8H,2-5H2,1H3;1-2H3. The number of nitrogens with zero attached hydrogens (tertiary/aromatic N) is 2. The molecule has 0 aliphatic carbocycles. The third kappa shape index (κ3) is 15.9. The van der Waals surface area contributed by atoms with E-state index in [1.165, 1.54) is 12.2 Å². The number of thioether (sulfide) groups is 2. The van der Waals surface area contributed by atoms with E-state index in [1.807, 2.05) is 13.8 Å². The Balaban J connectivity index is 0. The summed E-state index contributed by atoms with van der Waals surface area (Å²) in [5.74, 6) is 1.64. The van der Waals surface area contributed by atoms with Gasteiger partial charge in [0.05, 0.1) is 13.1 Å². The van der Waals surface area contributed by atoms with Gasteiger partial charge in [-0.25, -0.2) is 19.6 Å². The Hall–Kier alpha value is -0.540. The molecule has 0 aromatic heterocycles. The van der Waals surface area contributed by atoms with E-state index >= 15 is 0 Å². The highest BCUT2D eigenvalue weighted by Gasteiger charge is 2.01. The van der Waals surface area contributed by atoms with E-state index in [1.54, 1.807) is 23.5 Å². The van der Waals surface area contributed by atoms with Crippen molar-refractivity contribution in [1.29, 1.82) is 0 Å². The van der Waals surface area contributed by atoms with E-state index in [-0.39, 0.29) is 0 Å². The van der Waals surface area contributed by atoms with Crippen LogP contribution in [0.25, 0.3) is 0 Å². The smallest absolute Gasteiger partial charge is 0.211 e. The van der Waals surface area contributed by atoms with Crippen LogP contribution in [-0.4, -0.2) is 41.3 Å². The monoisotopic (exact) mass is 262 g/mol. The topological polar surface area (TPSA) is 58.9 Å². The van der Waals surface area contributed by atoms with Crippen LogP contribution < -0.4 is 0 Å². The third-order valence-corrected chi connectivity index (χ3v) is 3.83. The summed E-state index contributed by atoms with van der Waals surface area (Å²) in [4.78, 5) is 26.4. The molecular weight excluding hydrogens is 244 g/mol. The van der Waals surface area contributed by atoms with Gasteiger partial charge in [0, 0.05) is 16.1 Å². The van der Waals surface area contributed by atoms with E-state index in [0.29, 0.717) is 17.7 Å². The summed E-state index contributed by atoms with van der Waals surface area (Å²) >= 11 is 3.45. The number of rotatable bonds is 8. The maximum atomic E-state index is 9.74. The van der Waals surface area contributed by atoms with Crippen LogP contribution in [0, 0.1) is 0 Å². The van der Waals surface area contributed by atoms with E-state index in [9.17, 15) is 9.59 Å². The molecule has 6 heteroatoms. The highest BCUT2D eigenvalue weighted by atomic mass is 32.2. The van der Waals surface area contributed by atoms with Crippen LogP contribution in [0.15, 0.2) is 9.98 Å². The van der Waals surface area contributed by atoms with Crippen LogP contribution in [0.3, 0.4) is 0 Å². The molecule has 0 fully saturated rings. The van der Waals surface area contributed by atoms with Gasteiger partial charge in [-0.3, -0.25) is 0 Å². The van der Waals surface area contributed by atoms with Crippen LogP contribution in [0.2, 0.25) is 0 Å². The molecule has 92 valence electrons. The molecule has 0 atom stereocenters. The van der Waals surface area contributed by atoms with Gasteiger partial charge in [0.2, 0.25) is 12.2 Å². The molecule has 0 unspecified atom stereocenters. The normalized spacial score (nSPS) is 10.2. The Labute approximate surface area is 105 Å². The number of carbonyl (C=O) groups excluding carboxylic acids is 2. The Morgan fingerprint density at radius 3 is 1.69 bits per heavy atom. The largest absolute Gasteiger partial charge is 0.234 e. The van der Waals surface area contributed by atoms with Crippen LogP contribution in [0.1, 0.15) is 20.8 Å². The zero-order valence-corrected chi connectivity index (χ0v) is 11.6. The second-order valence-electron chi connectivity index (χ2n) is 2.26. The third-order valence-electron chi connectivity index (χ3n) is 1.24. The van der Waals surface area contributed by atoms with Gasteiger partial charge in [-0.1, -0.05) is 13.8 Å². The molecule has 16 heavy (non-hydrogen) atoms. The first kappa shape index (κ1) is 17.8. The summed E-state index contributed by atoms with van der Waals surface area (Å²) in [5.41, 5.74) is 0. The Morgan fingerprint density at radius 2 is 1.38 bits per heavy atom. The first-order valence-corrected chi connectivity index (χ1v) is 7.21. The molecule has 0 aromatic carbocycles. The molecule has 0 aromatic rings. The van der Waals surface area contributed by atoms with Gasteiger partial charge in [0.15, 0.2) is 0 Å². The molecule has 0 amide bonds. The highest BCUT2D eigenvalue weighted by Crippen LogP contribution is 2.22. The minimum Gasteiger partial charge on any atom is -0.211 e. The SMILES string of the molecule is CC.CC(SCCN=C=O)SCCN=C=O. The second-order valence-corrected chi connectivity index (χ2v) is 5.45. The Morgan fingerprint density at radius 1 is 1.00 bits per heavy atom. The summed E-state index contributed by atoms with van der Waals surface area (Å²) in [7, 11) is 0. The summed E-state index contributed by atoms with van der Waals surface area (Å²) in [6.07, 6.45) is 3.00. The lowest BCUT2D eigenvalue weighted by Gasteiger charge is -2.07. The molecule has 0 N–H and O–H groups in total. The molecule has 0 aliphatic heterocycles. The molecule has 0 heterocycles. The average molecular weight is 262 g/mol. The van der Waals surface area contributed by atoms with Crippen molar-refractivity contribution in [3.8, 4) is 0 Å². The lowest BCUT2D eigenvalue weighted by Crippen LogP contribution is -1.97. The Bertz CT molecular complexity index is 213. The highest BCUT2D eigenvalue weighted by molar-refractivity contribution is 8.16. The summed E-state index contributed by atoms with van der Waals surface area (Å²) in [6, 6.07) is 0. The average Bonchev–Trinajstić information content (AvgIpc) is 2.33. The predicted molar refractivity (Wildman–Crippen MR) is 71.7 cm³/mol. The second kappa shape index (κ2) is 16.9. The van der Waals surface area contributed by atoms with Crippen LogP contribution in [-0.2, 0) is 9.59 Å². The molecular formula is C10H18N2O2S2. The van der Waals surface area contributed by atoms with Crippen molar-refractivity contribution in [2.24, 2.45) is 9.98 Å². The molecule has 0 spiro atoms. The van der Waals surface area contributed by atoms with E-state index in [4.69, 9.17) is 0 Å². The molecule has 4 nitrogen and oxygen atoms in total. The minimum absolute atomic E-state index is 0.429. The first-order valence-electron chi connectivity index (χ1n) is 5.11. The van der Waals surface area contributed by atoms with Gasteiger partial charge in [0.1, 0.15) is 0 Å². The molecule has 0 radical (unpaired) electrons. The fourth-order valence-electron chi connectivity index (χ4n) is 0.668. The van der Waals surface area contributed by atoms with Crippen molar-refractivity contribution in [3.63, 3.8) is 0 Å². The van der Waals surface area contributed by atoms with Crippen LogP contribution in [0.4, 0.5) is 0 Å². The lowest BCUT2D eigenvalue weighted by molar-refractivity contribution is 0.562. The van der Waals surface area contributed by atoms with Crippen molar-refractivity contribution in [2.45, 2.75) is 25.4 Å². The van der Waals surface area contributed by atoms with E-state index < -0.39 is 0 Å². The van der Waals surface area contributed by atoms with Gasteiger partial charge >= 0.3 is 0 Å². The lowest BCUT2D eigenvalue weighted by atomic mass is 10.8. The fourth-order valence-corrected chi connectivity index (χ4v) is 2.69. The van der Waals surface area contributed by atoms with Crippen molar-refractivity contribution >= 4 is 35.7 Å². The van der Waals surface area contributed by atoms with Gasteiger partial charge in [-0.05, 0) is 6.92 Å². The van der Waals surface area contributed by atoms with Gasteiger partial charge < -0.3 is 0 Å². The summed E-state index contributed by atoms with van der Waals surface area (Å²) < 4.78 is 0.429.